The van der Waals surface area contributed by atoms with Crippen LogP contribution in [0, 0.1) is 6.20 Å². The van der Waals surface area contributed by atoms with E-state index in [-0.39, 0.29) is 12.3 Å². The Kier molecular flexibility index (Phi) is 4.82. The molecule has 1 radical (unpaired) electrons. The van der Waals surface area contributed by atoms with E-state index >= 15 is 0 Å². The summed E-state index contributed by atoms with van der Waals surface area (Å²) in [5, 5.41) is 3.10. The third-order valence-corrected chi connectivity index (χ3v) is 3.57. The largest absolute Gasteiger partial charge is 0.493 e. The molecule has 1 aromatic rings. The zero-order chi connectivity index (χ0) is 15.4. The molecule has 0 amide bonds. The molecule has 0 aromatic heterocycles. The fraction of sp³-hybridized carbons (Fsp3) is 0.500. The summed E-state index contributed by atoms with van der Waals surface area (Å²) in [5.41, 5.74) is 2.00. The van der Waals surface area contributed by atoms with Crippen molar-refractivity contribution in [3.63, 3.8) is 0 Å². The maximum absolute atomic E-state index is 5.97. The van der Waals surface area contributed by atoms with Crippen LogP contribution >= 0.6 is 0 Å². The van der Waals surface area contributed by atoms with Gasteiger partial charge in [-0.2, -0.15) is 0 Å². The molecule has 6 heteroatoms. The van der Waals surface area contributed by atoms with Crippen molar-refractivity contribution >= 4 is 6.08 Å². The summed E-state index contributed by atoms with van der Waals surface area (Å²) >= 11 is 0. The second kappa shape index (κ2) is 7.00. The molecule has 1 fully saturated rings. The summed E-state index contributed by atoms with van der Waals surface area (Å²) in [5.74, 6) is 1.36. The molecule has 6 nitrogen and oxygen atoms in total. The summed E-state index contributed by atoms with van der Waals surface area (Å²) in [6.07, 6.45) is 4.74. The average molecular weight is 306 g/mol. The van der Waals surface area contributed by atoms with Crippen molar-refractivity contribution in [2.24, 2.45) is 0 Å². The minimum absolute atomic E-state index is 0.116. The highest BCUT2D eigenvalue weighted by molar-refractivity contribution is 5.61. The van der Waals surface area contributed by atoms with Gasteiger partial charge in [-0.3, -0.25) is 0 Å². The van der Waals surface area contributed by atoms with Gasteiger partial charge in [-0.15, -0.1) is 0 Å². The molecule has 2 aliphatic rings. The van der Waals surface area contributed by atoms with E-state index in [0.717, 1.165) is 11.1 Å². The quantitative estimate of drug-likeness (QED) is 0.771. The molecule has 0 aliphatic carbocycles. The summed E-state index contributed by atoms with van der Waals surface area (Å²) in [6, 6.07) is 3.87. The molecule has 0 saturated carbocycles. The van der Waals surface area contributed by atoms with Crippen molar-refractivity contribution in [1.29, 1.82) is 0 Å². The van der Waals surface area contributed by atoms with E-state index in [0.29, 0.717) is 37.9 Å². The smallest absolute Gasteiger partial charge is 0.161 e. The number of methoxy groups -OCH3 is 2. The molecule has 1 N–H and O–H groups in total. The van der Waals surface area contributed by atoms with Crippen molar-refractivity contribution in [2.45, 2.75) is 12.3 Å². The van der Waals surface area contributed by atoms with Gasteiger partial charge in [-0.05, 0) is 23.8 Å². The first kappa shape index (κ1) is 15.1. The molecule has 2 aliphatic heterocycles. The minimum Gasteiger partial charge on any atom is -0.493 e. The SMILES string of the molecule is COCCOc1cc2c(cc1OC)C=[C]NC2OC1COC1. The molecule has 1 aromatic carbocycles. The Balaban J connectivity index is 1.82. The fourth-order valence-electron chi connectivity index (χ4n) is 2.32. The average Bonchev–Trinajstić information content (AvgIpc) is 2.50. The highest BCUT2D eigenvalue weighted by Gasteiger charge is 2.27. The van der Waals surface area contributed by atoms with E-state index in [1.54, 1.807) is 14.2 Å². The number of hydrogen-bond acceptors (Lipinski definition) is 6. The first-order valence-corrected chi connectivity index (χ1v) is 7.23. The van der Waals surface area contributed by atoms with E-state index in [1.807, 2.05) is 18.2 Å². The van der Waals surface area contributed by atoms with Gasteiger partial charge in [0.25, 0.3) is 0 Å². The van der Waals surface area contributed by atoms with Crippen molar-refractivity contribution in [2.75, 3.05) is 40.6 Å². The van der Waals surface area contributed by atoms with Crippen LogP contribution in [-0.2, 0) is 14.2 Å². The van der Waals surface area contributed by atoms with Gasteiger partial charge in [0, 0.05) is 12.7 Å². The molecule has 0 spiro atoms. The van der Waals surface area contributed by atoms with Crippen molar-refractivity contribution in [1.82, 2.24) is 5.32 Å². The van der Waals surface area contributed by atoms with Gasteiger partial charge in [-0.1, -0.05) is 0 Å². The van der Waals surface area contributed by atoms with Crippen LogP contribution in [0.1, 0.15) is 17.4 Å². The first-order chi connectivity index (χ1) is 10.8. The lowest BCUT2D eigenvalue weighted by atomic mass is 10.0. The van der Waals surface area contributed by atoms with E-state index in [4.69, 9.17) is 23.7 Å². The van der Waals surface area contributed by atoms with Crippen LogP contribution in [0.15, 0.2) is 12.1 Å². The standard InChI is InChI=1S/C16H20NO5/c1-18-5-6-21-15-8-13-11(7-14(15)19-2)3-4-17-16(13)22-12-9-20-10-12/h3,7-8,12,16-17H,5-6,9-10H2,1-2H3. The summed E-state index contributed by atoms with van der Waals surface area (Å²) in [7, 11) is 3.27. The van der Waals surface area contributed by atoms with E-state index in [9.17, 15) is 0 Å². The molecule has 2 heterocycles. The monoisotopic (exact) mass is 306 g/mol. The molecule has 22 heavy (non-hydrogen) atoms. The van der Waals surface area contributed by atoms with E-state index in [1.165, 1.54) is 0 Å². The van der Waals surface area contributed by atoms with Gasteiger partial charge in [-0.25, -0.2) is 0 Å². The maximum atomic E-state index is 5.97. The zero-order valence-corrected chi connectivity index (χ0v) is 12.8. The second-order valence-corrected chi connectivity index (χ2v) is 5.08. The van der Waals surface area contributed by atoms with Crippen LogP contribution in [0.3, 0.4) is 0 Å². The third kappa shape index (κ3) is 3.19. The van der Waals surface area contributed by atoms with Crippen LogP contribution in [0.25, 0.3) is 6.08 Å². The number of fused-ring (bicyclic) bond motifs is 1. The molecular formula is C16H20NO5. The molecule has 3 rings (SSSR count). The van der Waals surface area contributed by atoms with Crippen molar-refractivity contribution < 1.29 is 23.7 Å². The summed E-state index contributed by atoms with van der Waals surface area (Å²) < 4.78 is 27.3. The predicted molar refractivity (Wildman–Crippen MR) is 79.6 cm³/mol. The Labute approximate surface area is 129 Å². The van der Waals surface area contributed by atoms with Gasteiger partial charge in [0.05, 0.1) is 33.1 Å². The Morgan fingerprint density at radius 1 is 1.23 bits per heavy atom. The van der Waals surface area contributed by atoms with Gasteiger partial charge >= 0.3 is 0 Å². The molecule has 119 valence electrons. The predicted octanol–water partition coefficient (Wildman–Crippen LogP) is 1.51. The van der Waals surface area contributed by atoms with Crippen LogP contribution in [-0.4, -0.2) is 46.8 Å². The van der Waals surface area contributed by atoms with Gasteiger partial charge in [0.2, 0.25) is 0 Å². The fourth-order valence-corrected chi connectivity index (χ4v) is 2.32. The zero-order valence-electron chi connectivity index (χ0n) is 12.8. The first-order valence-electron chi connectivity index (χ1n) is 7.23. The Morgan fingerprint density at radius 3 is 2.77 bits per heavy atom. The van der Waals surface area contributed by atoms with Crippen LogP contribution in [0.2, 0.25) is 0 Å². The van der Waals surface area contributed by atoms with Crippen LogP contribution in [0.4, 0.5) is 0 Å². The number of hydrogen-bond donors (Lipinski definition) is 1. The minimum atomic E-state index is -0.260. The number of nitrogens with one attached hydrogen (secondary N) is 1. The highest BCUT2D eigenvalue weighted by Crippen LogP contribution is 2.36. The van der Waals surface area contributed by atoms with Gasteiger partial charge in [0.15, 0.2) is 17.7 Å². The molecule has 1 atom stereocenters. The van der Waals surface area contributed by atoms with Crippen LogP contribution in [0.5, 0.6) is 11.5 Å². The molecule has 1 saturated heterocycles. The lowest BCUT2D eigenvalue weighted by Crippen LogP contribution is -2.40. The number of benzene rings is 1. The number of ether oxygens (including phenoxy) is 5. The summed E-state index contributed by atoms with van der Waals surface area (Å²) in [6.45, 7) is 2.24. The van der Waals surface area contributed by atoms with E-state index < -0.39 is 0 Å². The van der Waals surface area contributed by atoms with Gasteiger partial charge < -0.3 is 29.0 Å². The normalized spacial score (nSPS) is 20.0. The van der Waals surface area contributed by atoms with Crippen molar-refractivity contribution in [3.8, 4) is 11.5 Å². The lowest BCUT2D eigenvalue weighted by Gasteiger charge is -2.32. The Hall–Kier alpha value is -1.76. The summed E-state index contributed by atoms with van der Waals surface area (Å²) in [4.78, 5) is 0. The number of rotatable bonds is 7. The molecular weight excluding hydrogens is 286 g/mol. The molecule has 1 unspecified atom stereocenters. The van der Waals surface area contributed by atoms with Crippen LogP contribution < -0.4 is 14.8 Å². The van der Waals surface area contributed by atoms with E-state index in [2.05, 4.69) is 11.5 Å². The van der Waals surface area contributed by atoms with Gasteiger partial charge in [0.1, 0.15) is 12.7 Å². The Morgan fingerprint density at radius 2 is 2.09 bits per heavy atom. The second-order valence-electron chi connectivity index (χ2n) is 5.08. The maximum Gasteiger partial charge on any atom is 0.161 e. The van der Waals surface area contributed by atoms with Crippen molar-refractivity contribution in [3.05, 3.63) is 29.5 Å². The lowest BCUT2D eigenvalue weighted by molar-refractivity contribution is -0.161. The highest BCUT2D eigenvalue weighted by atomic mass is 16.6. The third-order valence-electron chi connectivity index (χ3n) is 3.57. The Bertz CT molecular complexity index is 542. The topological polar surface area (TPSA) is 58.2 Å². The molecule has 0 bridgehead atoms.